The van der Waals surface area contributed by atoms with Crippen molar-refractivity contribution in [2.45, 2.75) is 6.29 Å². The number of hydrogen-bond acceptors (Lipinski definition) is 6. The summed E-state index contributed by atoms with van der Waals surface area (Å²) in [5.41, 5.74) is -0.142. The largest absolute Gasteiger partial charge is 0.489 e. The molecule has 19 heavy (non-hydrogen) atoms. The minimum atomic E-state index is -1.27. The van der Waals surface area contributed by atoms with E-state index in [-0.39, 0.29) is 27.8 Å². The van der Waals surface area contributed by atoms with Crippen molar-refractivity contribution in [1.82, 2.24) is 0 Å². The van der Waals surface area contributed by atoms with Crippen LogP contribution in [0.5, 0.6) is 5.75 Å². The predicted octanol–water partition coefficient (Wildman–Crippen LogP) is 2.64. The zero-order chi connectivity index (χ0) is 14.2. The summed E-state index contributed by atoms with van der Waals surface area (Å²) in [7, 11) is 2.58. The van der Waals surface area contributed by atoms with Crippen LogP contribution in [-0.4, -0.2) is 24.2 Å². The maximum Gasteiger partial charge on any atom is 0.316 e. The topological polar surface area (TPSA) is 95.0 Å². The van der Waals surface area contributed by atoms with Crippen molar-refractivity contribution in [3.63, 3.8) is 0 Å². The van der Waals surface area contributed by atoms with Crippen LogP contribution in [-0.2, 0) is 4.74 Å². The van der Waals surface area contributed by atoms with Gasteiger partial charge in [-0.25, -0.2) is 0 Å². The summed E-state index contributed by atoms with van der Waals surface area (Å²) in [6.45, 7) is 0. The molecule has 0 amide bonds. The van der Waals surface area contributed by atoms with Gasteiger partial charge in [0, 0.05) is 12.5 Å². The molecule has 0 saturated carbocycles. The van der Waals surface area contributed by atoms with Crippen molar-refractivity contribution in [3.05, 3.63) is 33.0 Å². The Kier molecular flexibility index (Phi) is 3.61. The van der Waals surface area contributed by atoms with E-state index in [2.05, 4.69) is 0 Å². The first-order chi connectivity index (χ1) is 8.99. The molecule has 0 aliphatic carbocycles. The van der Waals surface area contributed by atoms with Crippen LogP contribution >= 0.6 is 11.6 Å². The van der Waals surface area contributed by atoms with Gasteiger partial charge >= 0.3 is 5.69 Å². The summed E-state index contributed by atoms with van der Waals surface area (Å²) in [5.74, 6) is 0.0420. The highest BCUT2D eigenvalue weighted by atomic mass is 35.5. The third-order valence-electron chi connectivity index (χ3n) is 2.58. The number of methoxy groups -OCH3 is 2. The fraction of sp³-hybridized carbons (Fsp3) is 0.273. The van der Waals surface area contributed by atoms with Gasteiger partial charge in [0.2, 0.25) is 12.0 Å². The monoisotopic (exact) mass is 287 g/mol. The minimum Gasteiger partial charge on any atom is -0.489 e. The Morgan fingerprint density at radius 3 is 2.68 bits per heavy atom. The maximum atomic E-state index is 10.9. The lowest BCUT2D eigenvalue weighted by molar-refractivity contribution is -0.385. The van der Waals surface area contributed by atoms with Crippen LogP contribution in [0.4, 0.5) is 5.69 Å². The van der Waals surface area contributed by atoms with E-state index in [1.807, 2.05) is 0 Å². The fourth-order valence-electron chi connectivity index (χ4n) is 1.70. The third kappa shape index (κ3) is 2.23. The van der Waals surface area contributed by atoms with E-state index in [4.69, 9.17) is 25.5 Å². The molecule has 1 aromatic carbocycles. The second kappa shape index (κ2) is 5.04. The van der Waals surface area contributed by atoms with Crippen LogP contribution in [0.2, 0.25) is 5.02 Å². The molecule has 0 fully saturated rings. The number of aliphatic hydroxyl groups excluding tert-OH is 1. The molecule has 1 aromatic heterocycles. The summed E-state index contributed by atoms with van der Waals surface area (Å²) in [6.07, 6.45) is -1.27. The normalized spacial score (nSPS) is 12.6. The second-order valence-corrected chi connectivity index (χ2v) is 4.03. The first-order valence-corrected chi connectivity index (χ1v) is 5.52. The molecular weight excluding hydrogens is 278 g/mol. The van der Waals surface area contributed by atoms with Gasteiger partial charge in [-0.3, -0.25) is 10.1 Å². The molecule has 0 bridgehead atoms. The molecule has 0 aliphatic heterocycles. The molecule has 0 saturated heterocycles. The summed E-state index contributed by atoms with van der Waals surface area (Å²) in [6, 6.07) is 2.63. The van der Waals surface area contributed by atoms with Crippen LogP contribution in [0.15, 0.2) is 16.5 Å². The number of furan rings is 1. The summed E-state index contributed by atoms with van der Waals surface area (Å²) in [4.78, 5) is 10.3. The summed E-state index contributed by atoms with van der Waals surface area (Å²) >= 11 is 6.04. The minimum absolute atomic E-state index is 0.0463. The lowest BCUT2D eigenvalue weighted by Crippen LogP contribution is -1.96. The molecule has 7 nitrogen and oxygen atoms in total. The zero-order valence-electron chi connectivity index (χ0n) is 10.0. The Labute approximate surface area is 112 Å². The molecule has 2 aromatic rings. The molecule has 1 unspecified atom stereocenters. The molecule has 8 heteroatoms. The highest BCUT2D eigenvalue weighted by Gasteiger charge is 2.24. The standard InChI is InChI=1S/C11H10ClNO6/c1-17-10-6(13(15)16)4-7-5(9(10)12)3-8(19-7)11(14)18-2/h3-4,11,14H,1-2H3. The highest BCUT2D eigenvalue weighted by molar-refractivity contribution is 6.37. The number of hydrogen-bond donors (Lipinski definition) is 1. The Balaban J connectivity index is 2.71. The van der Waals surface area contributed by atoms with E-state index in [9.17, 15) is 15.2 Å². The van der Waals surface area contributed by atoms with Gasteiger partial charge in [0.25, 0.3) is 0 Å². The quantitative estimate of drug-likeness (QED) is 0.527. The molecule has 0 aliphatic rings. The van der Waals surface area contributed by atoms with Gasteiger partial charge in [0.15, 0.2) is 5.76 Å². The molecule has 1 atom stereocenters. The summed E-state index contributed by atoms with van der Waals surface area (Å²) in [5, 5.41) is 20.9. The molecular formula is C11H10ClNO6. The highest BCUT2D eigenvalue weighted by Crippen LogP contribution is 2.42. The van der Waals surface area contributed by atoms with E-state index >= 15 is 0 Å². The molecule has 1 N–H and O–H groups in total. The van der Waals surface area contributed by atoms with Gasteiger partial charge in [-0.05, 0) is 6.07 Å². The van der Waals surface area contributed by atoms with Gasteiger partial charge in [0.1, 0.15) is 10.6 Å². The number of nitro benzene ring substituents is 1. The average molecular weight is 288 g/mol. The van der Waals surface area contributed by atoms with Crippen molar-refractivity contribution >= 4 is 28.3 Å². The van der Waals surface area contributed by atoms with Gasteiger partial charge < -0.3 is 19.0 Å². The molecule has 102 valence electrons. The van der Waals surface area contributed by atoms with Gasteiger partial charge in [0.05, 0.1) is 18.1 Å². The van der Waals surface area contributed by atoms with E-state index in [0.717, 1.165) is 0 Å². The number of nitro groups is 1. The smallest absolute Gasteiger partial charge is 0.316 e. The number of ether oxygens (including phenoxy) is 2. The van der Waals surface area contributed by atoms with E-state index in [1.165, 1.54) is 26.4 Å². The third-order valence-corrected chi connectivity index (χ3v) is 2.96. The number of halogens is 1. The van der Waals surface area contributed by atoms with Crippen molar-refractivity contribution in [2.24, 2.45) is 0 Å². The zero-order valence-corrected chi connectivity index (χ0v) is 10.8. The van der Waals surface area contributed by atoms with Crippen molar-refractivity contribution in [1.29, 1.82) is 0 Å². The van der Waals surface area contributed by atoms with Gasteiger partial charge in [-0.2, -0.15) is 0 Å². The Hall–Kier alpha value is -1.83. The van der Waals surface area contributed by atoms with E-state index in [1.54, 1.807) is 0 Å². The Bertz CT molecular complexity index is 638. The predicted molar refractivity (Wildman–Crippen MR) is 66.4 cm³/mol. The number of nitrogens with zero attached hydrogens (tertiary/aromatic N) is 1. The van der Waals surface area contributed by atoms with Crippen molar-refractivity contribution in [3.8, 4) is 5.75 Å². The van der Waals surface area contributed by atoms with Crippen LogP contribution < -0.4 is 4.74 Å². The number of benzene rings is 1. The van der Waals surface area contributed by atoms with Gasteiger partial charge in [-0.15, -0.1) is 0 Å². The first kappa shape index (κ1) is 13.6. The molecule has 0 radical (unpaired) electrons. The first-order valence-electron chi connectivity index (χ1n) is 5.14. The number of rotatable bonds is 4. The average Bonchev–Trinajstić information content (AvgIpc) is 2.81. The molecule has 2 rings (SSSR count). The Morgan fingerprint density at radius 2 is 2.16 bits per heavy atom. The van der Waals surface area contributed by atoms with Crippen LogP contribution in [0.1, 0.15) is 12.1 Å². The van der Waals surface area contributed by atoms with Gasteiger partial charge in [-0.1, -0.05) is 11.6 Å². The number of aliphatic hydroxyl groups is 1. The van der Waals surface area contributed by atoms with Crippen LogP contribution in [0, 0.1) is 10.1 Å². The summed E-state index contributed by atoms with van der Waals surface area (Å²) < 4.78 is 14.9. The maximum absolute atomic E-state index is 10.9. The molecule has 1 heterocycles. The van der Waals surface area contributed by atoms with Crippen molar-refractivity contribution in [2.75, 3.05) is 14.2 Å². The van der Waals surface area contributed by atoms with Crippen LogP contribution in [0.25, 0.3) is 11.0 Å². The second-order valence-electron chi connectivity index (χ2n) is 3.65. The fourth-order valence-corrected chi connectivity index (χ4v) is 2.02. The molecule has 0 spiro atoms. The van der Waals surface area contributed by atoms with Crippen LogP contribution in [0.3, 0.4) is 0 Å². The van der Waals surface area contributed by atoms with E-state index < -0.39 is 11.2 Å². The lowest BCUT2D eigenvalue weighted by atomic mass is 10.2. The Morgan fingerprint density at radius 1 is 1.47 bits per heavy atom. The number of fused-ring (bicyclic) bond motifs is 1. The van der Waals surface area contributed by atoms with Crippen molar-refractivity contribution < 1.29 is 23.9 Å². The SMILES string of the molecule is COc1c([N+](=O)[O-])cc2oc(C(O)OC)cc2c1Cl. The lowest BCUT2D eigenvalue weighted by Gasteiger charge is -2.03. The van der Waals surface area contributed by atoms with E-state index in [0.29, 0.717) is 5.39 Å².